The number of hydrogen-bond donors (Lipinski definition) is 0. The number of hydrogen-bond acceptors (Lipinski definition) is 4. The van der Waals surface area contributed by atoms with E-state index in [9.17, 15) is 0 Å². The number of fused-ring (bicyclic) bond motifs is 8. The van der Waals surface area contributed by atoms with Crippen molar-refractivity contribution in [2.45, 2.75) is 117 Å². The predicted molar refractivity (Wildman–Crippen MR) is 505 cm³/mol. The topological polar surface area (TPSA) is 73.5 Å². The second-order valence-electron chi connectivity index (χ2n) is 34.9. The second kappa shape index (κ2) is 33.8. The summed E-state index contributed by atoms with van der Waals surface area (Å²) in [4.78, 5) is 18.4. The number of benzene rings is 12. The Bertz CT molecular complexity index is 8070. The van der Waals surface area contributed by atoms with Crippen molar-refractivity contribution in [3.63, 3.8) is 0 Å². The summed E-state index contributed by atoms with van der Waals surface area (Å²) < 4.78 is 255. The van der Waals surface area contributed by atoms with E-state index in [-0.39, 0.29) is 120 Å². The van der Waals surface area contributed by atoms with E-state index in [1.54, 1.807) is 96.0 Å². The van der Waals surface area contributed by atoms with E-state index in [0.29, 0.717) is 78.4 Å². The van der Waals surface area contributed by atoms with Gasteiger partial charge in [-0.25, -0.2) is 18.7 Å². The number of pyridine rings is 4. The number of para-hydroxylation sites is 7. The Morgan fingerprint density at radius 2 is 0.719 bits per heavy atom. The molecule has 12 aromatic carbocycles. The van der Waals surface area contributed by atoms with E-state index in [1.165, 1.54) is 79.1 Å². The monoisotopic (exact) mass is 2060 g/mol. The van der Waals surface area contributed by atoms with Gasteiger partial charge in [0, 0.05) is 59.6 Å². The van der Waals surface area contributed by atoms with Gasteiger partial charge in [-0.05, 0) is 137 Å². The van der Waals surface area contributed by atoms with Crippen LogP contribution in [0, 0.1) is 24.3 Å². The van der Waals surface area contributed by atoms with E-state index in [0.717, 1.165) is 22.0 Å². The quantitative estimate of drug-likeness (QED) is 0.0618. The largest absolute Gasteiger partial charge is 2.00 e. The minimum absolute atomic E-state index is 0. The minimum Gasteiger partial charge on any atom is -0.331 e. The van der Waals surface area contributed by atoms with E-state index in [2.05, 4.69) is 87.8 Å². The molecule has 0 unspecified atom stereocenters. The standard InChI is InChI=1S/2C56H45F2N5.2Pt/c1-54(2,3)39-28-30-59-51(35-39)63-49-25-16-29-60-52(49)46-27-26-40(34-50(46)63)56(57,58)42-31-41(55(4,5)6)32-43(33-42)61-36-62(48-24-14-13-23-47(48)61)53-44(37-17-9-7-10-18-37)21-15-22-45(53)38-19-11-8-12-20-38;1-54(2,3)39-28-29-59-52(33-39)63-47-25-14-13-22-45(47)46-35-60-51(34-50(46)63)56(57,58)41-30-40(55(4,5)6)31-42(32-41)61-36-62(49-27-16-15-26-48(49)61)53-43(37-18-9-7-10-19-37)23-17-24-44(53)38-20-11-8-12-21-38;;/h7-32,35H,1-6H3;7-31,33,35H,1-6H3;;/q;;2*+2/i7D,8D,9D,10D,11D,12D,17D,18D,19D,20D;7D,8D,9D,10D,11D,12D,18D,19D,20D,21D;;. The molecule has 0 atom stereocenters. The van der Waals surface area contributed by atoms with Crippen molar-refractivity contribution < 1.29 is 87.1 Å². The van der Waals surface area contributed by atoms with E-state index >= 15 is 17.6 Å². The minimum atomic E-state index is -3.80. The van der Waals surface area contributed by atoms with Gasteiger partial charge < -0.3 is 9.13 Å². The molecule has 0 radical (unpaired) electrons. The summed E-state index contributed by atoms with van der Waals surface area (Å²) in [7, 11) is 0. The molecule has 10 nitrogen and oxygen atoms in total. The zero-order chi connectivity index (χ0) is 105. The Morgan fingerprint density at radius 3 is 1.16 bits per heavy atom. The van der Waals surface area contributed by atoms with Gasteiger partial charge >= 0.3 is 54.1 Å². The number of rotatable bonds is 14. The number of alkyl halides is 4. The summed E-state index contributed by atoms with van der Waals surface area (Å²) in [6.45, 7) is 23.9. The second-order valence-corrected chi connectivity index (χ2v) is 34.9. The average molecular weight is 2060 g/mol. The first-order valence-electron chi connectivity index (χ1n) is 50.8. The Kier molecular flexibility index (Phi) is 17.2. The molecule has 0 bridgehead atoms. The van der Waals surface area contributed by atoms with Crippen molar-refractivity contribution in [1.82, 2.24) is 47.4 Å². The SMILES string of the molecule is [2H]c1c([2H])c([2H])c(-c2cccc(-c3c([2H])c([2H])c([2H])c([2H])c3[2H])c2[N+]2=C=[N+](c3[c-]c(C(F)(F)c4[c-]c5c(cc4)c4ncccc4n5-c4cc(C(C)(C)C)ccn4)cc(C(C)(C)C)c3)c3ccccc32)c([2H])c1[2H].[2H]c1c([2H])c([2H])c(-c2cccc(-c3c([2H])c([2H])c([2H])c([2H])c3[2H])c2[N+]2=C=[N+](c3[c-]c(C(F)(F)c4[c-]c5c(cn4)c4ccccc4n5-c4cc(C(C)(C)C)ccn4)cc(C(C)(C)C)c3)c3ccccc32)c([2H])c1[2H].[Pt+2].[Pt+2]. The predicted octanol–water partition coefficient (Wildman–Crippen LogP) is 28.2. The van der Waals surface area contributed by atoms with Crippen LogP contribution < -0.4 is 18.3 Å². The van der Waals surface area contributed by atoms with Gasteiger partial charge in [-0.3, -0.25) is 9.97 Å². The maximum Gasteiger partial charge on any atom is 2.00 e. The zero-order valence-electron chi connectivity index (χ0n) is 91.2. The molecule has 0 amide bonds. The molecule has 16 heteroatoms. The van der Waals surface area contributed by atoms with Crippen LogP contribution in [-0.2, 0) is 75.6 Å². The van der Waals surface area contributed by atoms with Gasteiger partial charge in [0.05, 0.1) is 55.2 Å². The van der Waals surface area contributed by atoms with Gasteiger partial charge in [0.2, 0.25) is 11.4 Å². The summed E-state index contributed by atoms with van der Waals surface area (Å²) in [5.74, 6) is -6.45. The van der Waals surface area contributed by atoms with E-state index in [1.807, 2.05) is 101 Å². The molecule has 20 rings (SSSR count). The first-order valence-corrected chi connectivity index (χ1v) is 40.8. The summed E-state index contributed by atoms with van der Waals surface area (Å²) >= 11 is 0. The molecular formula is C112H90F4N10Pt2+4. The molecule has 6 aromatic heterocycles. The number of halogens is 4. The average Bonchev–Trinajstić information content (AvgIpc) is 1.38. The molecule has 18 aromatic rings. The smallest absolute Gasteiger partial charge is 0.331 e. The zero-order valence-corrected chi connectivity index (χ0v) is 75.8. The van der Waals surface area contributed by atoms with Crippen molar-refractivity contribution in [3.8, 4) is 56.1 Å². The first-order chi connectivity index (χ1) is 68.8. The molecule has 0 saturated carbocycles. The van der Waals surface area contributed by atoms with Gasteiger partial charge in [0.25, 0.3) is 34.6 Å². The van der Waals surface area contributed by atoms with E-state index < -0.39 is 166 Å². The fraction of sp³-hybridized carbons (Fsp3) is 0.161. The Hall–Kier alpha value is -13.3. The summed E-state index contributed by atoms with van der Waals surface area (Å²) in [5, 5.41) is 2.00. The van der Waals surface area contributed by atoms with Crippen LogP contribution in [0.2, 0.25) is 0 Å². The maximum absolute atomic E-state index is 17.8. The van der Waals surface area contributed by atoms with Crippen molar-refractivity contribution in [2.75, 3.05) is 0 Å². The molecule has 0 spiro atoms. The van der Waals surface area contributed by atoms with Gasteiger partial charge in [-0.2, -0.15) is 39.1 Å². The Morgan fingerprint density at radius 1 is 0.328 bits per heavy atom. The van der Waals surface area contributed by atoms with Crippen LogP contribution in [0.1, 0.15) is 155 Å². The maximum atomic E-state index is 17.8. The van der Waals surface area contributed by atoms with Crippen LogP contribution in [0.25, 0.3) is 99.9 Å². The Labute approximate surface area is 800 Å². The molecule has 128 heavy (non-hydrogen) atoms. The molecule has 2 aliphatic heterocycles. The normalized spacial score (nSPS) is 15.0. The van der Waals surface area contributed by atoms with Crippen molar-refractivity contribution in [2.24, 2.45) is 0 Å². The molecule has 0 fully saturated rings. The van der Waals surface area contributed by atoms with Gasteiger partial charge in [-0.15, -0.1) is 28.1 Å². The fourth-order valence-corrected chi connectivity index (χ4v) is 15.9. The summed E-state index contributed by atoms with van der Waals surface area (Å²) in [6.07, 6.45) is 6.50. The molecule has 8 heterocycles. The third kappa shape index (κ3) is 16.0. The molecule has 0 N–H and O–H groups in total. The molecule has 632 valence electrons. The van der Waals surface area contributed by atoms with Crippen LogP contribution in [0.4, 0.5) is 63.1 Å². The van der Waals surface area contributed by atoms with Gasteiger partial charge in [-0.1, -0.05) is 325 Å². The summed E-state index contributed by atoms with van der Waals surface area (Å²) in [5.41, 5.74) is 3.00. The molecule has 0 saturated heterocycles. The van der Waals surface area contributed by atoms with Gasteiger partial charge in [0.1, 0.15) is 23.0 Å². The van der Waals surface area contributed by atoms with Gasteiger partial charge in [0.15, 0.2) is 0 Å². The third-order valence-corrected chi connectivity index (χ3v) is 22.5. The molecule has 2 aliphatic rings. The third-order valence-electron chi connectivity index (χ3n) is 22.5. The fourth-order valence-electron chi connectivity index (χ4n) is 15.9. The van der Waals surface area contributed by atoms with Crippen LogP contribution >= 0.6 is 0 Å². The van der Waals surface area contributed by atoms with Crippen molar-refractivity contribution >= 4 is 101 Å². The van der Waals surface area contributed by atoms with Crippen molar-refractivity contribution in [1.29, 1.82) is 0 Å². The first kappa shape index (κ1) is 65.3. The van der Waals surface area contributed by atoms with Crippen LogP contribution in [-0.4, -0.2) is 41.1 Å². The van der Waals surface area contributed by atoms with Crippen LogP contribution in [0.5, 0.6) is 0 Å². The van der Waals surface area contributed by atoms with Crippen LogP contribution in [0.15, 0.2) is 328 Å². The molecule has 0 aliphatic carbocycles. The van der Waals surface area contributed by atoms with E-state index in [4.69, 9.17) is 37.4 Å². The molecular weight excluding hydrogens is 1950 g/mol. The Balaban J connectivity index is 0.000000199. The number of aromatic nitrogens is 6. The number of nitrogens with zero attached hydrogens (tertiary/aromatic N) is 10. The van der Waals surface area contributed by atoms with Crippen molar-refractivity contribution in [3.05, 3.63) is 397 Å². The summed E-state index contributed by atoms with van der Waals surface area (Å²) in [6, 6.07) is 58.0. The van der Waals surface area contributed by atoms with Crippen LogP contribution in [0.3, 0.4) is 0 Å².